The molecule has 1 fully saturated rings. The van der Waals surface area contributed by atoms with E-state index in [1.54, 1.807) is 23.0 Å². The van der Waals surface area contributed by atoms with Crippen LogP contribution in [0.1, 0.15) is 41.7 Å². The molecule has 4 heterocycles. The molecule has 2 bridgehead atoms. The van der Waals surface area contributed by atoms with Crippen molar-refractivity contribution in [1.82, 2.24) is 24.3 Å². The van der Waals surface area contributed by atoms with Crippen molar-refractivity contribution in [3.8, 4) is 17.1 Å². The minimum atomic E-state index is -0.218. The summed E-state index contributed by atoms with van der Waals surface area (Å²) in [6.45, 7) is 3.31. The summed E-state index contributed by atoms with van der Waals surface area (Å²) in [5, 5.41) is 7.49. The monoisotopic (exact) mass is 534 g/mol. The summed E-state index contributed by atoms with van der Waals surface area (Å²) in [5.74, 6) is 2.23. The molecule has 1 aliphatic heterocycles. The van der Waals surface area contributed by atoms with E-state index in [-0.39, 0.29) is 5.91 Å². The Bertz CT molecular complexity index is 1440. The number of nitrogens with zero attached hydrogens (tertiary/aromatic N) is 5. The molecular weight excluding hydrogens is 508 g/mol. The topological polar surface area (TPSA) is 86.9 Å². The second-order valence-electron chi connectivity index (χ2n) is 9.59. The Labute approximate surface area is 211 Å². The first-order valence-electron chi connectivity index (χ1n) is 12.1. The number of hydrogen-bond acceptors (Lipinski definition) is 5. The summed E-state index contributed by atoms with van der Waals surface area (Å²) in [6.07, 6.45) is 6.31. The Morgan fingerprint density at radius 2 is 1.97 bits per heavy atom. The average Bonchev–Trinajstić information content (AvgIpc) is 3.53. The smallest absolute Gasteiger partial charge is 0.258 e. The van der Waals surface area contributed by atoms with E-state index in [2.05, 4.69) is 37.0 Å². The molecule has 4 aromatic rings. The molecule has 3 aromatic heterocycles. The molecule has 8 nitrogen and oxygen atoms in total. The number of aromatic nitrogens is 5. The number of ether oxygens (including phenoxy) is 1. The van der Waals surface area contributed by atoms with E-state index in [4.69, 9.17) is 14.7 Å². The van der Waals surface area contributed by atoms with Gasteiger partial charge in [0.15, 0.2) is 0 Å². The molecule has 1 N–H and O–H groups in total. The van der Waals surface area contributed by atoms with Crippen LogP contribution in [0.4, 0.5) is 5.95 Å². The number of hydrogen-bond donors (Lipinski definition) is 1. The number of aryl methyl sites for hydroxylation is 3. The maximum absolute atomic E-state index is 13.4. The minimum Gasteiger partial charge on any atom is -0.477 e. The first kappa shape index (κ1) is 22.3. The second-order valence-corrected chi connectivity index (χ2v) is 10.5. The van der Waals surface area contributed by atoms with Crippen LogP contribution in [-0.4, -0.2) is 36.8 Å². The third-order valence-electron chi connectivity index (χ3n) is 6.99. The van der Waals surface area contributed by atoms with Crippen molar-refractivity contribution in [2.45, 2.75) is 39.2 Å². The van der Waals surface area contributed by atoms with E-state index in [9.17, 15) is 4.79 Å². The van der Waals surface area contributed by atoms with Crippen LogP contribution in [0.25, 0.3) is 22.3 Å². The predicted molar refractivity (Wildman–Crippen MR) is 138 cm³/mol. The number of fused-ring (bicyclic) bond motifs is 7. The lowest BCUT2D eigenvalue weighted by Crippen LogP contribution is -2.18. The Hall–Kier alpha value is -3.20. The number of amides is 1. The number of benzene rings is 1. The summed E-state index contributed by atoms with van der Waals surface area (Å²) in [6, 6.07) is 9.64. The third kappa shape index (κ3) is 4.33. The number of halogens is 1. The van der Waals surface area contributed by atoms with E-state index in [1.807, 2.05) is 26.1 Å². The Balaban J connectivity index is 1.45. The Morgan fingerprint density at radius 3 is 2.80 bits per heavy atom. The zero-order chi connectivity index (χ0) is 24.1. The van der Waals surface area contributed by atoms with Crippen LogP contribution in [-0.2, 0) is 13.6 Å². The first-order valence-corrected chi connectivity index (χ1v) is 12.9. The molecule has 1 amide bonds. The molecule has 9 heteroatoms. The number of nitrogens with one attached hydrogen (secondary N) is 1. The molecule has 0 spiro atoms. The lowest BCUT2D eigenvalue weighted by atomic mass is 9.98. The SMILES string of the molecule is Cc1cc2cc(n1)-c1cnn(C)c1OC[C@H](C1CC1)CCCn1c(nc3cc(Br)ccc31)NC2=O. The highest BCUT2D eigenvalue weighted by Crippen LogP contribution is 2.40. The molecule has 1 aliphatic carbocycles. The van der Waals surface area contributed by atoms with Gasteiger partial charge in [-0.3, -0.25) is 15.1 Å². The fourth-order valence-corrected chi connectivity index (χ4v) is 5.38. The summed E-state index contributed by atoms with van der Waals surface area (Å²) < 4.78 is 11.2. The van der Waals surface area contributed by atoms with Crippen LogP contribution in [0.3, 0.4) is 0 Å². The molecule has 6 rings (SSSR count). The lowest BCUT2D eigenvalue weighted by Gasteiger charge is -2.18. The molecular formula is C26H27BrN6O2. The Kier molecular flexibility index (Phi) is 5.59. The lowest BCUT2D eigenvalue weighted by molar-refractivity contribution is 0.102. The van der Waals surface area contributed by atoms with Gasteiger partial charge in [-0.05, 0) is 74.8 Å². The van der Waals surface area contributed by atoms with E-state index in [0.29, 0.717) is 41.5 Å². The molecule has 0 saturated heterocycles. The van der Waals surface area contributed by atoms with E-state index >= 15 is 0 Å². The van der Waals surface area contributed by atoms with Crippen molar-refractivity contribution in [3.05, 3.63) is 52.3 Å². The zero-order valence-electron chi connectivity index (χ0n) is 19.8. The summed E-state index contributed by atoms with van der Waals surface area (Å²) in [5.41, 5.74) is 4.61. The highest BCUT2D eigenvalue weighted by molar-refractivity contribution is 9.10. The van der Waals surface area contributed by atoms with E-state index in [1.165, 1.54) is 12.8 Å². The molecule has 0 unspecified atom stereocenters. The first-order chi connectivity index (χ1) is 17.0. The normalized spacial score (nSPS) is 18.7. The molecule has 1 aromatic carbocycles. The fourth-order valence-electron chi connectivity index (χ4n) is 5.03. The van der Waals surface area contributed by atoms with Crippen LogP contribution < -0.4 is 10.1 Å². The molecule has 1 atom stereocenters. The number of pyridine rings is 1. The van der Waals surface area contributed by atoms with Crippen LogP contribution in [0, 0.1) is 18.8 Å². The number of carbonyl (C=O) groups excluding carboxylic acids is 1. The van der Waals surface area contributed by atoms with Crippen molar-refractivity contribution >= 4 is 38.8 Å². The van der Waals surface area contributed by atoms with Crippen molar-refractivity contribution in [3.63, 3.8) is 0 Å². The van der Waals surface area contributed by atoms with Gasteiger partial charge < -0.3 is 9.30 Å². The van der Waals surface area contributed by atoms with Crippen molar-refractivity contribution in [1.29, 1.82) is 0 Å². The maximum Gasteiger partial charge on any atom is 0.258 e. The number of imidazole rings is 1. The van der Waals surface area contributed by atoms with E-state index in [0.717, 1.165) is 46.1 Å². The van der Waals surface area contributed by atoms with Gasteiger partial charge >= 0.3 is 0 Å². The van der Waals surface area contributed by atoms with Gasteiger partial charge in [0, 0.05) is 29.3 Å². The van der Waals surface area contributed by atoms with E-state index < -0.39 is 0 Å². The number of anilines is 1. The molecule has 2 aliphatic rings. The van der Waals surface area contributed by atoms with Crippen LogP contribution in [0.2, 0.25) is 0 Å². The van der Waals surface area contributed by atoms with Crippen molar-refractivity contribution < 1.29 is 9.53 Å². The summed E-state index contributed by atoms with van der Waals surface area (Å²) in [7, 11) is 1.88. The molecule has 0 radical (unpaired) electrons. The standard InChI is InChI=1S/C26H27BrN6O2/c1-15-10-18-11-21(29-15)20-13-28-32(2)25(20)35-14-17(16-5-6-16)4-3-9-33-23-8-7-19(27)12-22(23)30-26(33)31-24(18)34/h7-8,10-13,16-17H,3-6,9,14H2,1-2H3,(H,30,31,34)/t17-/m1/s1. The Morgan fingerprint density at radius 1 is 1.11 bits per heavy atom. The van der Waals surface area contributed by atoms with Gasteiger partial charge in [0.1, 0.15) is 0 Å². The van der Waals surface area contributed by atoms with Gasteiger partial charge in [0.05, 0.1) is 35.1 Å². The number of carbonyl (C=O) groups is 1. The van der Waals surface area contributed by atoms with Crippen molar-refractivity contribution in [2.75, 3.05) is 11.9 Å². The largest absolute Gasteiger partial charge is 0.477 e. The van der Waals surface area contributed by atoms with Crippen LogP contribution >= 0.6 is 15.9 Å². The fraction of sp³-hybridized carbons (Fsp3) is 0.385. The molecule has 180 valence electrons. The predicted octanol–water partition coefficient (Wildman–Crippen LogP) is 5.35. The molecule has 1 saturated carbocycles. The summed E-state index contributed by atoms with van der Waals surface area (Å²) in [4.78, 5) is 22.9. The number of rotatable bonds is 1. The quantitative estimate of drug-likeness (QED) is 0.355. The van der Waals surface area contributed by atoms with Gasteiger partial charge in [-0.25, -0.2) is 9.67 Å². The van der Waals surface area contributed by atoms with Crippen molar-refractivity contribution in [2.24, 2.45) is 18.9 Å². The average molecular weight is 535 g/mol. The minimum absolute atomic E-state index is 0.218. The van der Waals surface area contributed by atoms with Gasteiger partial charge in [0.2, 0.25) is 11.8 Å². The van der Waals surface area contributed by atoms with Crippen LogP contribution in [0.5, 0.6) is 5.88 Å². The molecule has 35 heavy (non-hydrogen) atoms. The maximum atomic E-state index is 13.4. The highest BCUT2D eigenvalue weighted by atomic mass is 79.9. The van der Waals surface area contributed by atoms with Gasteiger partial charge in [-0.2, -0.15) is 5.10 Å². The van der Waals surface area contributed by atoms with Gasteiger partial charge in [-0.15, -0.1) is 0 Å². The van der Waals surface area contributed by atoms with Crippen LogP contribution in [0.15, 0.2) is 41.0 Å². The zero-order valence-corrected chi connectivity index (χ0v) is 21.4. The highest BCUT2D eigenvalue weighted by Gasteiger charge is 2.32. The summed E-state index contributed by atoms with van der Waals surface area (Å²) >= 11 is 3.54. The third-order valence-corrected chi connectivity index (χ3v) is 7.48. The van der Waals surface area contributed by atoms with Gasteiger partial charge in [0.25, 0.3) is 5.91 Å². The second kappa shape index (κ2) is 8.78. The van der Waals surface area contributed by atoms with Gasteiger partial charge in [-0.1, -0.05) is 15.9 Å².